The van der Waals surface area contributed by atoms with E-state index in [9.17, 15) is 4.79 Å². The zero-order valence-electron chi connectivity index (χ0n) is 17.4. The molecule has 1 aliphatic carbocycles. The molecule has 1 amide bonds. The average Bonchev–Trinajstić information content (AvgIpc) is 2.74. The van der Waals surface area contributed by atoms with Crippen LogP contribution in [0.3, 0.4) is 0 Å². The quantitative estimate of drug-likeness (QED) is 0.689. The van der Waals surface area contributed by atoms with E-state index in [1.807, 2.05) is 41.3 Å². The van der Waals surface area contributed by atoms with Gasteiger partial charge in [-0.2, -0.15) is 0 Å². The van der Waals surface area contributed by atoms with Gasteiger partial charge in [-0.15, -0.1) is 24.8 Å². The van der Waals surface area contributed by atoms with Crippen molar-refractivity contribution in [1.82, 2.24) is 9.88 Å². The Hall–Kier alpha value is -1.86. The Bertz CT molecular complexity index is 779. The highest BCUT2D eigenvalue weighted by Crippen LogP contribution is 2.29. The van der Waals surface area contributed by atoms with Gasteiger partial charge < -0.3 is 20.1 Å². The molecule has 8 heteroatoms. The number of methoxy groups -OCH3 is 2. The fourth-order valence-corrected chi connectivity index (χ4v) is 3.87. The number of carbonyl (C=O) groups excluding carboxylic acids is 1. The van der Waals surface area contributed by atoms with Crippen LogP contribution in [0.2, 0.25) is 0 Å². The third-order valence-electron chi connectivity index (χ3n) is 5.48. The zero-order valence-corrected chi connectivity index (χ0v) is 19.0. The number of amides is 1. The maximum Gasteiger partial charge on any atom is 0.226 e. The number of hydrogen-bond acceptors (Lipinski definition) is 5. The van der Waals surface area contributed by atoms with Gasteiger partial charge in [0.1, 0.15) is 5.75 Å². The summed E-state index contributed by atoms with van der Waals surface area (Å²) in [5.41, 5.74) is 8.18. The molecule has 1 aromatic carbocycles. The zero-order chi connectivity index (χ0) is 19.9. The number of halogens is 2. The van der Waals surface area contributed by atoms with E-state index < -0.39 is 0 Å². The molecule has 2 aromatic rings. The Balaban J connectivity index is 0.00000225. The monoisotopic (exact) mass is 455 g/mol. The number of para-hydroxylation sites is 1. The van der Waals surface area contributed by atoms with E-state index in [2.05, 4.69) is 4.98 Å². The van der Waals surface area contributed by atoms with Crippen LogP contribution in [0.15, 0.2) is 48.8 Å². The van der Waals surface area contributed by atoms with Crippen molar-refractivity contribution in [3.8, 4) is 5.75 Å². The van der Waals surface area contributed by atoms with Crippen molar-refractivity contribution in [2.24, 2.45) is 11.7 Å². The minimum atomic E-state index is -0.0821. The van der Waals surface area contributed by atoms with Gasteiger partial charge in [0.2, 0.25) is 5.91 Å². The molecule has 0 radical (unpaired) electrons. The second-order valence-electron chi connectivity index (χ2n) is 7.31. The summed E-state index contributed by atoms with van der Waals surface area (Å²) >= 11 is 0. The van der Waals surface area contributed by atoms with Gasteiger partial charge in [0.25, 0.3) is 0 Å². The summed E-state index contributed by atoms with van der Waals surface area (Å²) < 4.78 is 11.0. The summed E-state index contributed by atoms with van der Waals surface area (Å²) in [6.07, 6.45) is 5.68. The van der Waals surface area contributed by atoms with Gasteiger partial charge >= 0.3 is 0 Å². The first-order valence-electron chi connectivity index (χ1n) is 9.70. The molecule has 1 aromatic heterocycles. The maximum absolute atomic E-state index is 13.4. The van der Waals surface area contributed by atoms with Gasteiger partial charge in [0.05, 0.1) is 13.2 Å². The fraction of sp³-hybridized carbons (Fsp3) is 0.455. The van der Waals surface area contributed by atoms with Crippen molar-refractivity contribution in [2.75, 3.05) is 14.2 Å². The molecule has 1 fully saturated rings. The molecule has 3 rings (SSSR count). The SMILES string of the molecule is COc1ccccc1CN(Cc1ccncc1)C(=O)[C@H]1CC[C@@H](N)[C@H](OC)C1.Cl.Cl. The normalized spacial score (nSPS) is 20.4. The summed E-state index contributed by atoms with van der Waals surface area (Å²) in [6, 6.07) is 11.7. The lowest BCUT2D eigenvalue weighted by molar-refractivity contribution is -0.139. The predicted molar refractivity (Wildman–Crippen MR) is 122 cm³/mol. The number of rotatable bonds is 7. The van der Waals surface area contributed by atoms with Crippen molar-refractivity contribution in [3.05, 3.63) is 59.9 Å². The first-order valence-corrected chi connectivity index (χ1v) is 9.70. The molecule has 166 valence electrons. The van der Waals surface area contributed by atoms with Gasteiger partial charge in [0.15, 0.2) is 0 Å². The molecule has 6 nitrogen and oxygen atoms in total. The summed E-state index contributed by atoms with van der Waals surface area (Å²) in [5.74, 6) is 0.841. The van der Waals surface area contributed by atoms with Crippen LogP contribution in [0.25, 0.3) is 0 Å². The van der Waals surface area contributed by atoms with Crippen LogP contribution >= 0.6 is 24.8 Å². The maximum atomic E-state index is 13.4. The number of hydrogen-bond donors (Lipinski definition) is 1. The highest BCUT2D eigenvalue weighted by Gasteiger charge is 2.34. The van der Waals surface area contributed by atoms with Crippen LogP contribution in [-0.2, 0) is 22.6 Å². The van der Waals surface area contributed by atoms with E-state index in [1.165, 1.54) is 0 Å². The summed E-state index contributed by atoms with van der Waals surface area (Å²) in [7, 11) is 3.32. The van der Waals surface area contributed by atoms with Gasteiger partial charge in [-0.1, -0.05) is 18.2 Å². The average molecular weight is 456 g/mol. The van der Waals surface area contributed by atoms with Crippen LogP contribution in [0.5, 0.6) is 5.75 Å². The van der Waals surface area contributed by atoms with Gasteiger partial charge in [-0.25, -0.2) is 0 Å². The van der Waals surface area contributed by atoms with E-state index in [4.69, 9.17) is 15.2 Å². The number of aromatic nitrogens is 1. The first-order chi connectivity index (χ1) is 13.6. The summed E-state index contributed by atoms with van der Waals surface area (Å²) in [5, 5.41) is 0. The molecule has 1 aliphatic rings. The smallest absolute Gasteiger partial charge is 0.226 e. The number of nitrogens with two attached hydrogens (primary N) is 1. The largest absolute Gasteiger partial charge is 0.496 e. The molecule has 3 atom stereocenters. The highest BCUT2D eigenvalue weighted by molar-refractivity contribution is 5.85. The minimum Gasteiger partial charge on any atom is -0.496 e. The number of benzene rings is 1. The predicted octanol–water partition coefficient (Wildman–Crippen LogP) is 3.61. The number of nitrogens with zero attached hydrogens (tertiary/aromatic N) is 2. The van der Waals surface area contributed by atoms with E-state index >= 15 is 0 Å². The second-order valence-corrected chi connectivity index (χ2v) is 7.31. The Morgan fingerprint density at radius 3 is 2.47 bits per heavy atom. The molecular formula is C22H31Cl2N3O3. The minimum absolute atomic E-state index is 0. The Kier molecular flexibility index (Phi) is 11.1. The van der Waals surface area contributed by atoms with Crippen molar-refractivity contribution >= 4 is 30.7 Å². The van der Waals surface area contributed by atoms with Crippen LogP contribution in [-0.4, -0.2) is 42.2 Å². The van der Waals surface area contributed by atoms with Gasteiger partial charge in [-0.05, 0) is 43.0 Å². The lowest BCUT2D eigenvalue weighted by Crippen LogP contribution is -2.46. The number of ether oxygens (including phenoxy) is 2. The molecular weight excluding hydrogens is 425 g/mol. The molecule has 0 bridgehead atoms. The number of carbonyl (C=O) groups is 1. The Labute approximate surface area is 191 Å². The lowest BCUT2D eigenvalue weighted by Gasteiger charge is -2.35. The molecule has 30 heavy (non-hydrogen) atoms. The third kappa shape index (κ3) is 6.57. The molecule has 0 spiro atoms. The Morgan fingerprint density at radius 1 is 1.10 bits per heavy atom. The van der Waals surface area contributed by atoms with Crippen LogP contribution in [0.1, 0.15) is 30.4 Å². The molecule has 1 saturated carbocycles. The first kappa shape index (κ1) is 26.2. The van der Waals surface area contributed by atoms with E-state index in [0.717, 1.165) is 29.7 Å². The number of pyridine rings is 1. The molecule has 0 unspecified atom stereocenters. The van der Waals surface area contributed by atoms with Crippen LogP contribution < -0.4 is 10.5 Å². The van der Waals surface area contributed by atoms with Gasteiger partial charge in [-0.3, -0.25) is 9.78 Å². The van der Waals surface area contributed by atoms with Crippen molar-refractivity contribution in [2.45, 2.75) is 44.5 Å². The van der Waals surface area contributed by atoms with E-state index in [1.54, 1.807) is 26.6 Å². The van der Waals surface area contributed by atoms with Crippen molar-refractivity contribution in [3.63, 3.8) is 0 Å². The molecule has 2 N–H and O–H groups in total. The Morgan fingerprint density at radius 2 is 1.80 bits per heavy atom. The summed E-state index contributed by atoms with van der Waals surface area (Å²) in [4.78, 5) is 19.4. The van der Waals surface area contributed by atoms with Crippen molar-refractivity contribution in [1.29, 1.82) is 0 Å². The van der Waals surface area contributed by atoms with Crippen LogP contribution in [0.4, 0.5) is 0 Å². The lowest BCUT2D eigenvalue weighted by atomic mass is 9.83. The molecule has 1 heterocycles. The van der Waals surface area contributed by atoms with E-state index in [0.29, 0.717) is 19.5 Å². The highest BCUT2D eigenvalue weighted by atomic mass is 35.5. The fourth-order valence-electron chi connectivity index (χ4n) is 3.87. The standard InChI is InChI=1S/C22H29N3O3.2ClH/c1-27-20-6-4-3-5-18(20)15-25(14-16-9-11-24-12-10-16)22(26)17-7-8-19(23)21(13-17)28-2;;/h3-6,9-12,17,19,21H,7-8,13-15,23H2,1-2H3;2*1H/t17-,19+,21+;;/m0../s1. The van der Waals surface area contributed by atoms with Gasteiger partial charge in [0, 0.05) is 50.1 Å². The topological polar surface area (TPSA) is 77.7 Å². The second kappa shape index (κ2) is 12.7. The van der Waals surface area contributed by atoms with Crippen LogP contribution in [0, 0.1) is 5.92 Å². The molecule has 0 saturated heterocycles. The summed E-state index contributed by atoms with van der Waals surface area (Å²) in [6.45, 7) is 1.02. The van der Waals surface area contributed by atoms with Crippen molar-refractivity contribution < 1.29 is 14.3 Å². The molecule has 0 aliphatic heterocycles. The van der Waals surface area contributed by atoms with E-state index in [-0.39, 0.29) is 48.8 Å². The third-order valence-corrected chi connectivity index (χ3v) is 5.48.